The lowest BCUT2D eigenvalue weighted by Gasteiger charge is -2.38. The highest BCUT2D eigenvalue weighted by atomic mass is 19.4. The summed E-state index contributed by atoms with van der Waals surface area (Å²) in [5, 5.41) is 18.6. The van der Waals surface area contributed by atoms with Gasteiger partial charge in [0.05, 0.1) is 22.4 Å². The Morgan fingerprint density at radius 3 is 2.29 bits per heavy atom. The molecule has 5 N–H and O–H groups in total. The second-order valence-electron chi connectivity index (χ2n) is 9.46. The van der Waals surface area contributed by atoms with Gasteiger partial charge < -0.3 is 20.2 Å². The number of aliphatic imine (C=N–C) groups is 1. The third kappa shape index (κ3) is 3.93. The van der Waals surface area contributed by atoms with E-state index in [-0.39, 0.29) is 29.3 Å². The summed E-state index contributed by atoms with van der Waals surface area (Å²) < 4.78 is 44.6. The van der Waals surface area contributed by atoms with E-state index < -0.39 is 23.1 Å². The second kappa shape index (κ2) is 7.86. The molecule has 34 heavy (non-hydrogen) atoms. The van der Waals surface area contributed by atoms with E-state index in [1.54, 1.807) is 31.2 Å². The predicted molar refractivity (Wildman–Crippen MR) is 121 cm³/mol. The summed E-state index contributed by atoms with van der Waals surface area (Å²) in [7, 11) is 0. The van der Waals surface area contributed by atoms with Crippen LogP contribution in [0.4, 0.5) is 19.0 Å². The number of amidine groups is 1. The molecule has 0 amide bonds. The number of fused-ring (bicyclic) bond motifs is 1. The van der Waals surface area contributed by atoms with Gasteiger partial charge in [0.2, 0.25) is 5.79 Å². The molecular weight excluding hydrogens is 449 g/mol. The Labute approximate surface area is 194 Å². The SMILES string of the molecule is CC(C)N=C1NC(N)(c2cc(C(C)(C)n3cnnc3)nn2C(C)C)Nc2[nH]cc(C(F)(F)F)c21. The van der Waals surface area contributed by atoms with Crippen molar-refractivity contribution in [3.05, 3.63) is 47.4 Å². The van der Waals surface area contributed by atoms with E-state index in [2.05, 4.69) is 30.8 Å². The lowest BCUT2D eigenvalue weighted by Crippen LogP contribution is -2.62. The zero-order valence-corrected chi connectivity index (χ0v) is 19.9. The van der Waals surface area contributed by atoms with E-state index in [4.69, 9.17) is 10.8 Å². The number of nitrogens with zero attached hydrogens (tertiary/aromatic N) is 6. The van der Waals surface area contributed by atoms with Crippen LogP contribution in [0.5, 0.6) is 0 Å². The molecule has 1 aliphatic rings. The van der Waals surface area contributed by atoms with Crippen LogP contribution in [-0.2, 0) is 17.5 Å². The summed E-state index contributed by atoms with van der Waals surface area (Å²) >= 11 is 0. The quantitative estimate of drug-likeness (QED) is 0.446. The average molecular weight is 479 g/mol. The van der Waals surface area contributed by atoms with Gasteiger partial charge in [-0.1, -0.05) is 0 Å². The molecule has 1 atom stereocenters. The van der Waals surface area contributed by atoms with Gasteiger partial charge in [-0.05, 0) is 47.6 Å². The highest BCUT2D eigenvalue weighted by Crippen LogP contribution is 2.39. The molecule has 0 radical (unpaired) electrons. The minimum atomic E-state index is -4.56. The fraction of sp³-hybridized carbons (Fsp3) is 0.524. The van der Waals surface area contributed by atoms with Crippen LogP contribution in [-0.4, -0.2) is 41.4 Å². The largest absolute Gasteiger partial charge is 0.418 e. The Morgan fingerprint density at radius 1 is 1.09 bits per heavy atom. The molecule has 4 rings (SSSR count). The maximum absolute atomic E-state index is 13.7. The smallest absolute Gasteiger partial charge is 0.347 e. The van der Waals surface area contributed by atoms with Crippen molar-refractivity contribution in [2.24, 2.45) is 10.7 Å². The molecule has 3 aromatic heterocycles. The molecule has 4 heterocycles. The monoisotopic (exact) mass is 478 g/mol. The molecule has 0 saturated carbocycles. The van der Waals surface area contributed by atoms with Gasteiger partial charge in [-0.25, -0.2) is 0 Å². The van der Waals surface area contributed by atoms with Gasteiger partial charge in [0, 0.05) is 18.3 Å². The van der Waals surface area contributed by atoms with Crippen molar-refractivity contribution >= 4 is 11.7 Å². The average Bonchev–Trinajstić information content (AvgIpc) is 3.45. The highest BCUT2D eigenvalue weighted by Gasteiger charge is 2.45. The molecule has 0 fully saturated rings. The summed E-state index contributed by atoms with van der Waals surface area (Å²) in [6.45, 7) is 11.4. The molecular formula is C21H29F3N10. The Bertz CT molecular complexity index is 1200. The van der Waals surface area contributed by atoms with Gasteiger partial charge in [-0.15, -0.1) is 10.2 Å². The zero-order chi connectivity index (χ0) is 25.1. The number of hydrogen-bond acceptors (Lipinski definition) is 6. The first kappa shape index (κ1) is 23.8. The van der Waals surface area contributed by atoms with Crippen LogP contribution in [0.25, 0.3) is 0 Å². The number of rotatable bonds is 5. The van der Waals surface area contributed by atoms with E-state index in [0.29, 0.717) is 11.4 Å². The summed E-state index contributed by atoms with van der Waals surface area (Å²) in [5.41, 5.74) is 6.48. The number of nitrogens with two attached hydrogens (primary N) is 1. The zero-order valence-electron chi connectivity index (χ0n) is 19.9. The van der Waals surface area contributed by atoms with E-state index in [1.165, 1.54) is 0 Å². The van der Waals surface area contributed by atoms with Crippen LogP contribution in [0, 0.1) is 0 Å². The van der Waals surface area contributed by atoms with Crippen molar-refractivity contribution < 1.29 is 13.2 Å². The molecule has 1 aliphatic heterocycles. The Balaban J connectivity index is 1.86. The number of halogens is 3. The molecule has 0 bridgehead atoms. The first-order valence-electron chi connectivity index (χ1n) is 10.9. The van der Waals surface area contributed by atoms with Gasteiger partial charge in [-0.3, -0.25) is 15.4 Å². The molecule has 10 nitrogen and oxygen atoms in total. The maximum Gasteiger partial charge on any atom is 0.418 e. The van der Waals surface area contributed by atoms with Gasteiger partial charge in [0.1, 0.15) is 30.0 Å². The number of H-pyrrole nitrogens is 1. The summed E-state index contributed by atoms with van der Waals surface area (Å²) in [4.78, 5) is 7.12. The molecule has 0 saturated heterocycles. The minimum Gasteiger partial charge on any atom is -0.347 e. The first-order valence-corrected chi connectivity index (χ1v) is 10.9. The lowest BCUT2D eigenvalue weighted by atomic mass is 9.99. The standard InChI is InChI=1S/C21H29F3N10/c1-11(2)29-18-16-13(20(22,23)24)8-26-17(16)30-21(25,31-18)15-7-14(32-34(15)12(3)4)19(5,6)33-9-27-28-10-33/h7-12,26,30H,25H2,1-6H3,(H,29,31). The predicted octanol–water partition coefficient (Wildman–Crippen LogP) is 3.13. The van der Waals surface area contributed by atoms with Crippen molar-refractivity contribution in [3.8, 4) is 0 Å². The van der Waals surface area contributed by atoms with Gasteiger partial charge in [0.25, 0.3) is 0 Å². The fourth-order valence-electron chi connectivity index (χ4n) is 3.96. The minimum absolute atomic E-state index is 0.0518. The van der Waals surface area contributed by atoms with E-state index >= 15 is 0 Å². The molecule has 0 aromatic carbocycles. The van der Waals surface area contributed by atoms with E-state index in [0.717, 1.165) is 6.20 Å². The van der Waals surface area contributed by atoms with Crippen LogP contribution < -0.4 is 16.4 Å². The third-order valence-electron chi connectivity index (χ3n) is 5.77. The van der Waals surface area contributed by atoms with Crippen LogP contribution >= 0.6 is 0 Å². The van der Waals surface area contributed by atoms with E-state index in [9.17, 15) is 13.2 Å². The normalized spacial score (nSPS) is 20.1. The lowest BCUT2D eigenvalue weighted by molar-refractivity contribution is -0.137. The van der Waals surface area contributed by atoms with Crippen molar-refractivity contribution in [2.75, 3.05) is 5.32 Å². The third-order valence-corrected chi connectivity index (χ3v) is 5.77. The molecule has 13 heteroatoms. The van der Waals surface area contributed by atoms with Crippen LogP contribution in [0.3, 0.4) is 0 Å². The Hall–Kier alpha value is -3.35. The van der Waals surface area contributed by atoms with Gasteiger partial charge >= 0.3 is 6.18 Å². The van der Waals surface area contributed by atoms with Gasteiger partial charge in [-0.2, -0.15) is 18.3 Å². The number of aromatic nitrogens is 6. The second-order valence-corrected chi connectivity index (χ2v) is 9.46. The highest BCUT2D eigenvalue weighted by molar-refractivity contribution is 6.06. The van der Waals surface area contributed by atoms with Gasteiger partial charge in [0.15, 0.2) is 0 Å². The van der Waals surface area contributed by atoms with Crippen molar-refractivity contribution in [1.82, 2.24) is 34.8 Å². The Morgan fingerprint density at radius 2 is 1.74 bits per heavy atom. The van der Waals surface area contributed by atoms with Crippen molar-refractivity contribution in [3.63, 3.8) is 0 Å². The summed E-state index contributed by atoms with van der Waals surface area (Å²) in [6, 6.07) is 1.46. The van der Waals surface area contributed by atoms with Crippen LogP contribution in [0.2, 0.25) is 0 Å². The fourth-order valence-corrected chi connectivity index (χ4v) is 3.96. The molecule has 184 valence electrons. The molecule has 0 aliphatic carbocycles. The number of anilines is 1. The van der Waals surface area contributed by atoms with Crippen LogP contribution in [0.15, 0.2) is 29.9 Å². The van der Waals surface area contributed by atoms with E-state index in [1.807, 2.05) is 38.3 Å². The number of hydrogen-bond donors (Lipinski definition) is 4. The van der Waals surface area contributed by atoms with Crippen molar-refractivity contribution in [1.29, 1.82) is 0 Å². The summed E-state index contributed by atoms with van der Waals surface area (Å²) in [6.07, 6.45) is -0.446. The number of alkyl halides is 3. The number of nitrogens with one attached hydrogen (secondary N) is 3. The number of aromatic amines is 1. The molecule has 1 unspecified atom stereocenters. The molecule has 3 aromatic rings. The topological polar surface area (TPSA) is 127 Å². The Kier molecular flexibility index (Phi) is 5.50. The summed E-state index contributed by atoms with van der Waals surface area (Å²) in [5.74, 6) is -1.31. The van der Waals surface area contributed by atoms with Crippen molar-refractivity contribution in [2.45, 2.75) is 71.1 Å². The first-order chi connectivity index (χ1) is 15.7. The van der Waals surface area contributed by atoms with Crippen LogP contribution in [0.1, 0.15) is 70.1 Å². The molecule has 0 spiro atoms. The maximum atomic E-state index is 13.7.